The molecule has 0 bridgehead atoms. The minimum absolute atomic E-state index is 0.0450. The first kappa shape index (κ1) is 19.6. The van der Waals surface area contributed by atoms with Gasteiger partial charge in [0.25, 0.3) is 5.91 Å². The number of piperazine rings is 1. The molecule has 4 nitrogen and oxygen atoms in total. The number of hydrogen-bond donors (Lipinski definition) is 0. The van der Waals surface area contributed by atoms with Crippen LogP contribution in [0.2, 0.25) is 0 Å². The Kier molecular flexibility index (Phi) is 5.62. The molecule has 29 heavy (non-hydrogen) atoms. The van der Waals surface area contributed by atoms with Gasteiger partial charge in [-0.15, -0.1) is 11.3 Å². The normalized spacial score (nSPS) is 16.9. The molecule has 4 rings (SSSR count). The maximum absolute atomic E-state index is 13.1. The van der Waals surface area contributed by atoms with Crippen molar-refractivity contribution in [3.05, 3.63) is 82.1 Å². The first-order valence-electron chi connectivity index (χ1n) is 9.81. The molecule has 0 N–H and O–H groups in total. The highest BCUT2D eigenvalue weighted by atomic mass is 32.1. The molecule has 2 heterocycles. The Morgan fingerprint density at radius 3 is 2.55 bits per heavy atom. The average molecular weight is 410 g/mol. The van der Waals surface area contributed by atoms with E-state index in [1.54, 1.807) is 23.5 Å². The summed E-state index contributed by atoms with van der Waals surface area (Å²) in [6, 6.07) is 14.4. The van der Waals surface area contributed by atoms with E-state index in [2.05, 4.69) is 48.4 Å². The third kappa shape index (κ3) is 4.48. The predicted molar refractivity (Wildman–Crippen MR) is 115 cm³/mol. The number of hydrogen-bond acceptors (Lipinski definition) is 4. The van der Waals surface area contributed by atoms with Crippen molar-refractivity contribution < 1.29 is 9.18 Å². The standard InChI is InChI=1S/C23H24FN3OS/c1-16-3-5-18(6-4-16)13-21-15-29-23(25-21)26-11-12-27(17(2)14-26)22(28)19-7-9-20(24)10-8-19/h3-10,15,17H,11-14H2,1-2H3. The molecule has 0 saturated carbocycles. The molecule has 1 saturated heterocycles. The third-order valence-electron chi connectivity index (χ3n) is 5.30. The van der Waals surface area contributed by atoms with Gasteiger partial charge in [0.15, 0.2) is 5.13 Å². The van der Waals surface area contributed by atoms with Crippen LogP contribution in [0.4, 0.5) is 9.52 Å². The lowest BCUT2D eigenvalue weighted by atomic mass is 10.1. The zero-order valence-electron chi connectivity index (χ0n) is 16.6. The van der Waals surface area contributed by atoms with E-state index in [1.165, 1.54) is 23.3 Å². The van der Waals surface area contributed by atoms with Gasteiger partial charge in [-0.2, -0.15) is 0 Å². The van der Waals surface area contributed by atoms with E-state index in [0.29, 0.717) is 12.1 Å². The second-order valence-corrected chi connectivity index (χ2v) is 8.42. The van der Waals surface area contributed by atoms with E-state index in [1.807, 2.05) is 4.90 Å². The van der Waals surface area contributed by atoms with Crippen molar-refractivity contribution in [2.24, 2.45) is 0 Å². The molecule has 1 aliphatic heterocycles. The fourth-order valence-corrected chi connectivity index (χ4v) is 4.49. The van der Waals surface area contributed by atoms with E-state index in [-0.39, 0.29) is 17.8 Å². The summed E-state index contributed by atoms with van der Waals surface area (Å²) >= 11 is 1.66. The number of carbonyl (C=O) groups excluding carboxylic acids is 1. The Bertz CT molecular complexity index is 984. The summed E-state index contributed by atoms with van der Waals surface area (Å²) in [5.41, 5.74) is 4.12. The van der Waals surface area contributed by atoms with Gasteiger partial charge in [0, 0.05) is 43.0 Å². The number of aromatic nitrogens is 1. The molecule has 1 aliphatic rings. The van der Waals surface area contributed by atoms with Crippen LogP contribution in [0.5, 0.6) is 0 Å². The van der Waals surface area contributed by atoms with Crippen LogP contribution in [0.1, 0.15) is 34.1 Å². The Labute approximate surface area is 174 Å². The minimum Gasteiger partial charge on any atom is -0.344 e. The number of thiazole rings is 1. The molecule has 6 heteroatoms. The molecule has 2 aromatic carbocycles. The fraction of sp³-hybridized carbons (Fsp3) is 0.304. The van der Waals surface area contributed by atoms with E-state index >= 15 is 0 Å². The largest absolute Gasteiger partial charge is 0.344 e. The Morgan fingerprint density at radius 2 is 1.86 bits per heavy atom. The van der Waals surface area contributed by atoms with Gasteiger partial charge in [-0.25, -0.2) is 9.37 Å². The van der Waals surface area contributed by atoms with Gasteiger partial charge in [-0.3, -0.25) is 4.79 Å². The first-order chi connectivity index (χ1) is 14.0. The van der Waals surface area contributed by atoms with Gasteiger partial charge in [0.1, 0.15) is 5.82 Å². The van der Waals surface area contributed by atoms with E-state index in [0.717, 1.165) is 30.3 Å². The van der Waals surface area contributed by atoms with Crippen LogP contribution < -0.4 is 4.90 Å². The van der Waals surface area contributed by atoms with Crippen LogP contribution >= 0.6 is 11.3 Å². The van der Waals surface area contributed by atoms with Crippen LogP contribution in [-0.4, -0.2) is 41.5 Å². The summed E-state index contributed by atoms with van der Waals surface area (Å²) in [6.07, 6.45) is 0.829. The molecule has 150 valence electrons. The van der Waals surface area contributed by atoms with Gasteiger partial charge in [0.05, 0.1) is 5.69 Å². The fourth-order valence-electron chi connectivity index (χ4n) is 3.63. The van der Waals surface area contributed by atoms with Gasteiger partial charge in [0.2, 0.25) is 0 Å². The highest BCUT2D eigenvalue weighted by Crippen LogP contribution is 2.25. The lowest BCUT2D eigenvalue weighted by molar-refractivity contribution is 0.0674. The topological polar surface area (TPSA) is 36.4 Å². The van der Waals surface area contributed by atoms with Crippen molar-refractivity contribution in [3.8, 4) is 0 Å². The number of halogens is 1. The molecule has 3 aromatic rings. The molecule has 1 aromatic heterocycles. The predicted octanol–water partition coefficient (Wildman–Crippen LogP) is 4.53. The Hall–Kier alpha value is -2.73. The Balaban J connectivity index is 1.39. The highest BCUT2D eigenvalue weighted by molar-refractivity contribution is 7.13. The summed E-state index contributed by atoms with van der Waals surface area (Å²) in [5.74, 6) is -0.374. The quantitative estimate of drug-likeness (QED) is 0.635. The monoisotopic (exact) mass is 409 g/mol. The second-order valence-electron chi connectivity index (χ2n) is 7.58. The smallest absolute Gasteiger partial charge is 0.254 e. The molecular formula is C23H24FN3OS. The second kappa shape index (κ2) is 8.33. The third-order valence-corrected chi connectivity index (χ3v) is 6.25. The van der Waals surface area contributed by atoms with Crippen molar-refractivity contribution in [1.82, 2.24) is 9.88 Å². The SMILES string of the molecule is Cc1ccc(Cc2csc(N3CCN(C(=O)c4ccc(F)cc4)C(C)C3)n2)cc1. The number of carbonyl (C=O) groups is 1. The van der Waals surface area contributed by atoms with Crippen molar-refractivity contribution in [1.29, 1.82) is 0 Å². The summed E-state index contributed by atoms with van der Waals surface area (Å²) in [5, 5.41) is 3.13. The van der Waals surface area contributed by atoms with Gasteiger partial charge >= 0.3 is 0 Å². The zero-order chi connectivity index (χ0) is 20.4. The van der Waals surface area contributed by atoms with Crippen molar-refractivity contribution in [2.75, 3.05) is 24.5 Å². The number of nitrogens with zero attached hydrogens (tertiary/aromatic N) is 3. The molecule has 1 fully saturated rings. The minimum atomic E-state index is -0.329. The number of aryl methyl sites for hydroxylation is 1. The molecule has 1 amide bonds. The highest BCUT2D eigenvalue weighted by Gasteiger charge is 2.29. The van der Waals surface area contributed by atoms with E-state index in [9.17, 15) is 9.18 Å². The summed E-state index contributed by atoms with van der Waals surface area (Å²) in [4.78, 5) is 21.7. The van der Waals surface area contributed by atoms with Crippen LogP contribution in [-0.2, 0) is 6.42 Å². The van der Waals surface area contributed by atoms with Gasteiger partial charge in [-0.05, 0) is 43.7 Å². The maximum atomic E-state index is 13.1. The van der Waals surface area contributed by atoms with E-state index < -0.39 is 0 Å². The van der Waals surface area contributed by atoms with Crippen LogP contribution in [0.25, 0.3) is 0 Å². The molecule has 1 unspecified atom stereocenters. The molecule has 1 atom stereocenters. The lowest BCUT2D eigenvalue weighted by Crippen LogP contribution is -2.54. The van der Waals surface area contributed by atoms with Crippen molar-refractivity contribution in [2.45, 2.75) is 26.3 Å². The number of rotatable bonds is 4. The number of anilines is 1. The molecule has 0 radical (unpaired) electrons. The number of amides is 1. The van der Waals surface area contributed by atoms with Crippen molar-refractivity contribution >= 4 is 22.4 Å². The van der Waals surface area contributed by atoms with Crippen LogP contribution in [0, 0.1) is 12.7 Å². The van der Waals surface area contributed by atoms with Crippen molar-refractivity contribution in [3.63, 3.8) is 0 Å². The lowest BCUT2D eigenvalue weighted by Gasteiger charge is -2.39. The molecule has 0 aliphatic carbocycles. The van der Waals surface area contributed by atoms with Gasteiger partial charge in [-0.1, -0.05) is 29.8 Å². The van der Waals surface area contributed by atoms with Crippen LogP contribution in [0.3, 0.4) is 0 Å². The average Bonchev–Trinajstić information content (AvgIpc) is 3.18. The maximum Gasteiger partial charge on any atom is 0.254 e. The van der Waals surface area contributed by atoms with E-state index in [4.69, 9.17) is 4.98 Å². The number of benzene rings is 2. The zero-order valence-corrected chi connectivity index (χ0v) is 17.5. The van der Waals surface area contributed by atoms with Crippen LogP contribution in [0.15, 0.2) is 53.9 Å². The Morgan fingerprint density at radius 1 is 1.14 bits per heavy atom. The molecular weight excluding hydrogens is 385 g/mol. The first-order valence-corrected chi connectivity index (χ1v) is 10.7. The molecule has 0 spiro atoms. The summed E-state index contributed by atoms with van der Waals surface area (Å²) in [7, 11) is 0. The summed E-state index contributed by atoms with van der Waals surface area (Å²) in [6.45, 7) is 6.25. The summed E-state index contributed by atoms with van der Waals surface area (Å²) < 4.78 is 13.1. The van der Waals surface area contributed by atoms with Gasteiger partial charge < -0.3 is 9.80 Å².